The lowest BCUT2D eigenvalue weighted by Crippen LogP contribution is -2.33. The van der Waals surface area contributed by atoms with Crippen LogP contribution in [0.3, 0.4) is 0 Å². The largest absolute Gasteiger partial charge is 0.479 e. The van der Waals surface area contributed by atoms with Crippen LogP contribution >= 0.6 is 0 Å². The van der Waals surface area contributed by atoms with Crippen LogP contribution in [0.5, 0.6) is 0 Å². The maximum absolute atomic E-state index is 11.6. The molecule has 0 fully saturated rings. The van der Waals surface area contributed by atoms with Gasteiger partial charge < -0.3 is 20.8 Å². The van der Waals surface area contributed by atoms with E-state index >= 15 is 0 Å². The zero-order valence-electron chi connectivity index (χ0n) is 10.9. The summed E-state index contributed by atoms with van der Waals surface area (Å²) < 4.78 is 0. The first-order valence-electron chi connectivity index (χ1n) is 5.91. The van der Waals surface area contributed by atoms with Crippen LogP contribution in [0, 0.1) is 18.3 Å². The third-order valence-electron chi connectivity index (χ3n) is 2.62. The Kier molecular flexibility index (Phi) is 5.50. The van der Waals surface area contributed by atoms with Gasteiger partial charge in [-0.1, -0.05) is 12.1 Å². The molecule has 1 aromatic rings. The van der Waals surface area contributed by atoms with Crippen LogP contribution in [-0.4, -0.2) is 34.9 Å². The van der Waals surface area contributed by atoms with Crippen LogP contribution in [0.1, 0.15) is 17.5 Å². The third kappa shape index (κ3) is 4.26. The minimum atomic E-state index is -1.51. The number of aliphatic carboxylic acids is 1. The summed E-state index contributed by atoms with van der Waals surface area (Å²) >= 11 is 0. The van der Waals surface area contributed by atoms with Gasteiger partial charge in [0.2, 0.25) is 0 Å². The summed E-state index contributed by atoms with van der Waals surface area (Å²) in [7, 11) is 0. The summed E-state index contributed by atoms with van der Waals surface area (Å²) in [5.74, 6) is -1.34. The van der Waals surface area contributed by atoms with Crippen molar-refractivity contribution in [3.63, 3.8) is 0 Å². The van der Waals surface area contributed by atoms with E-state index < -0.39 is 18.1 Å². The van der Waals surface area contributed by atoms with Crippen molar-refractivity contribution in [1.82, 2.24) is 5.32 Å². The lowest BCUT2D eigenvalue weighted by Gasteiger charge is -2.10. The number of aliphatic hydroxyl groups excluding tert-OH is 1. The smallest absolute Gasteiger partial charge is 0.332 e. The Morgan fingerprint density at radius 1 is 1.45 bits per heavy atom. The summed E-state index contributed by atoms with van der Waals surface area (Å²) in [6.45, 7) is 1.76. The number of nitrogens with one attached hydrogen (secondary N) is 2. The fourth-order valence-electron chi connectivity index (χ4n) is 1.53. The maximum Gasteiger partial charge on any atom is 0.332 e. The van der Waals surface area contributed by atoms with Crippen molar-refractivity contribution in [1.29, 1.82) is 5.26 Å². The summed E-state index contributed by atoms with van der Waals surface area (Å²) in [6.07, 6.45) is -1.61. The number of hydrogen-bond donors (Lipinski definition) is 4. The summed E-state index contributed by atoms with van der Waals surface area (Å²) in [4.78, 5) is 22.0. The Labute approximate surface area is 115 Å². The van der Waals surface area contributed by atoms with Crippen molar-refractivity contribution in [3.8, 4) is 6.07 Å². The monoisotopic (exact) mass is 277 g/mol. The summed E-state index contributed by atoms with van der Waals surface area (Å²) in [5.41, 5.74) is 1.49. The van der Waals surface area contributed by atoms with E-state index in [1.807, 2.05) is 6.07 Å². The molecule has 4 N–H and O–H groups in total. The third-order valence-corrected chi connectivity index (χ3v) is 2.62. The molecule has 0 saturated heterocycles. The zero-order chi connectivity index (χ0) is 15.1. The number of urea groups is 1. The van der Waals surface area contributed by atoms with Crippen LogP contribution in [0.2, 0.25) is 0 Å². The standard InChI is InChI=1S/C13H15N3O4/c1-8-3-2-4-10(9(8)7-14)16-13(20)15-6-5-11(17)12(18)19/h2-4,11,17H,5-6H2,1H3,(H,18,19)(H2,15,16,20). The highest BCUT2D eigenvalue weighted by atomic mass is 16.4. The van der Waals surface area contributed by atoms with Crippen LogP contribution in [-0.2, 0) is 4.79 Å². The second-order valence-electron chi connectivity index (χ2n) is 4.13. The highest BCUT2D eigenvalue weighted by Crippen LogP contribution is 2.17. The van der Waals surface area contributed by atoms with Crippen LogP contribution < -0.4 is 10.6 Å². The molecule has 7 nitrogen and oxygen atoms in total. The lowest BCUT2D eigenvalue weighted by atomic mass is 10.1. The number of hydrogen-bond acceptors (Lipinski definition) is 4. The first-order chi connectivity index (χ1) is 9.45. The lowest BCUT2D eigenvalue weighted by molar-refractivity contribution is -0.146. The fraction of sp³-hybridized carbons (Fsp3) is 0.308. The molecule has 2 amide bonds. The van der Waals surface area contributed by atoms with E-state index in [4.69, 9.17) is 15.5 Å². The van der Waals surface area contributed by atoms with Crippen molar-refractivity contribution in [2.24, 2.45) is 0 Å². The molecule has 0 aliphatic carbocycles. The number of carboxylic acid groups (broad SMARTS) is 1. The minimum Gasteiger partial charge on any atom is -0.479 e. The SMILES string of the molecule is Cc1cccc(NC(=O)NCCC(O)C(=O)O)c1C#N. The Morgan fingerprint density at radius 2 is 2.15 bits per heavy atom. The van der Waals surface area contributed by atoms with Gasteiger partial charge in [-0.25, -0.2) is 9.59 Å². The van der Waals surface area contributed by atoms with Crippen molar-refractivity contribution < 1.29 is 19.8 Å². The molecular weight excluding hydrogens is 262 g/mol. The molecule has 0 saturated carbocycles. The van der Waals surface area contributed by atoms with Crippen molar-refractivity contribution >= 4 is 17.7 Å². The van der Waals surface area contributed by atoms with Gasteiger partial charge in [-0.05, 0) is 18.6 Å². The molecule has 0 aliphatic heterocycles. The fourth-order valence-corrected chi connectivity index (χ4v) is 1.53. The number of carbonyl (C=O) groups excluding carboxylic acids is 1. The number of rotatable bonds is 5. The molecule has 1 aromatic carbocycles. The van der Waals surface area contributed by atoms with Gasteiger partial charge in [0, 0.05) is 13.0 Å². The molecule has 0 aromatic heterocycles. The number of nitrogens with zero attached hydrogens (tertiary/aromatic N) is 1. The van der Waals surface area contributed by atoms with Crippen LogP contribution in [0.4, 0.5) is 10.5 Å². The number of anilines is 1. The first kappa shape index (κ1) is 15.5. The number of carboxylic acids is 1. The maximum atomic E-state index is 11.6. The molecule has 20 heavy (non-hydrogen) atoms. The van der Waals surface area contributed by atoms with Gasteiger partial charge in [0.15, 0.2) is 6.10 Å². The predicted molar refractivity (Wildman–Crippen MR) is 71.2 cm³/mol. The van der Waals surface area contributed by atoms with Gasteiger partial charge in [0.25, 0.3) is 0 Å². The first-order valence-corrected chi connectivity index (χ1v) is 5.91. The van der Waals surface area contributed by atoms with Crippen molar-refractivity contribution in [2.45, 2.75) is 19.4 Å². The second-order valence-corrected chi connectivity index (χ2v) is 4.13. The van der Waals surface area contributed by atoms with Crippen LogP contribution in [0.15, 0.2) is 18.2 Å². The molecule has 0 radical (unpaired) electrons. The van der Waals surface area contributed by atoms with Crippen molar-refractivity contribution in [2.75, 3.05) is 11.9 Å². The summed E-state index contributed by atoms with van der Waals surface area (Å²) in [6, 6.07) is 6.49. The van der Waals surface area contributed by atoms with Gasteiger partial charge in [0.1, 0.15) is 6.07 Å². The Hall–Kier alpha value is -2.59. The Balaban J connectivity index is 2.54. The minimum absolute atomic E-state index is 0.00695. The highest BCUT2D eigenvalue weighted by Gasteiger charge is 2.13. The quantitative estimate of drug-likeness (QED) is 0.634. The molecule has 0 aliphatic rings. The van der Waals surface area contributed by atoms with Crippen molar-refractivity contribution in [3.05, 3.63) is 29.3 Å². The molecule has 1 unspecified atom stereocenters. The second kappa shape index (κ2) is 7.11. The number of carbonyl (C=O) groups is 2. The molecular formula is C13H15N3O4. The zero-order valence-corrected chi connectivity index (χ0v) is 10.9. The number of nitriles is 1. The number of aliphatic hydroxyl groups is 1. The summed E-state index contributed by atoms with van der Waals surface area (Å²) in [5, 5.41) is 31.4. The van der Waals surface area contributed by atoms with E-state index in [-0.39, 0.29) is 13.0 Å². The van der Waals surface area contributed by atoms with E-state index in [2.05, 4.69) is 10.6 Å². The van der Waals surface area contributed by atoms with Gasteiger partial charge >= 0.3 is 12.0 Å². The molecule has 1 rings (SSSR count). The van der Waals surface area contributed by atoms with E-state index in [0.29, 0.717) is 11.3 Å². The number of aryl methyl sites for hydroxylation is 1. The topological polar surface area (TPSA) is 122 Å². The average Bonchev–Trinajstić information content (AvgIpc) is 2.38. The van der Waals surface area contributed by atoms with Gasteiger partial charge in [-0.15, -0.1) is 0 Å². The molecule has 0 heterocycles. The van der Waals surface area contributed by atoms with Gasteiger partial charge in [0.05, 0.1) is 11.3 Å². The van der Waals surface area contributed by atoms with Gasteiger partial charge in [-0.3, -0.25) is 0 Å². The molecule has 0 bridgehead atoms. The van der Waals surface area contributed by atoms with E-state index in [9.17, 15) is 9.59 Å². The highest BCUT2D eigenvalue weighted by molar-refractivity contribution is 5.91. The Morgan fingerprint density at radius 3 is 2.75 bits per heavy atom. The van der Waals surface area contributed by atoms with Gasteiger partial charge in [-0.2, -0.15) is 5.26 Å². The normalized spacial score (nSPS) is 11.2. The predicted octanol–water partition coefficient (Wildman–Crippen LogP) is 0.824. The molecule has 7 heteroatoms. The van der Waals surface area contributed by atoms with E-state index in [1.165, 1.54) is 0 Å². The van der Waals surface area contributed by atoms with E-state index in [1.54, 1.807) is 25.1 Å². The number of amides is 2. The molecule has 0 spiro atoms. The molecule has 1 atom stereocenters. The Bertz CT molecular complexity index is 551. The average molecular weight is 277 g/mol. The number of benzene rings is 1. The van der Waals surface area contributed by atoms with E-state index in [0.717, 1.165) is 5.56 Å². The van der Waals surface area contributed by atoms with Crippen LogP contribution in [0.25, 0.3) is 0 Å². The molecule has 106 valence electrons.